The van der Waals surface area contributed by atoms with Crippen molar-refractivity contribution in [2.45, 2.75) is 13.8 Å². The van der Waals surface area contributed by atoms with Crippen LogP contribution in [0.25, 0.3) is 23.5 Å². The zero-order chi connectivity index (χ0) is 19.8. The standard InChI is InChI=1S/C23H22N2O3/c1-3-27-20-14-11-17(12-15-20)10-13-19-16-21(23(26)28-4-2)25-22(24-19)18-8-6-5-7-9-18/h5-16H,3-4H2,1-2H3/b13-10+. The second-order valence-corrected chi connectivity index (χ2v) is 5.92. The molecule has 0 radical (unpaired) electrons. The normalized spacial score (nSPS) is 10.8. The van der Waals surface area contributed by atoms with Gasteiger partial charge in [-0.3, -0.25) is 0 Å². The van der Waals surface area contributed by atoms with Crippen LogP contribution in [0.1, 0.15) is 35.6 Å². The summed E-state index contributed by atoms with van der Waals surface area (Å²) in [7, 11) is 0. The Morgan fingerprint density at radius 3 is 2.36 bits per heavy atom. The number of rotatable bonds is 7. The van der Waals surface area contributed by atoms with Gasteiger partial charge in [0.25, 0.3) is 0 Å². The summed E-state index contributed by atoms with van der Waals surface area (Å²) in [5.41, 5.74) is 2.71. The minimum Gasteiger partial charge on any atom is -0.494 e. The highest BCUT2D eigenvalue weighted by atomic mass is 16.5. The van der Waals surface area contributed by atoms with Crippen molar-refractivity contribution in [2.75, 3.05) is 13.2 Å². The molecule has 142 valence electrons. The van der Waals surface area contributed by atoms with Crippen molar-refractivity contribution in [2.24, 2.45) is 0 Å². The van der Waals surface area contributed by atoms with Gasteiger partial charge in [-0.15, -0.1) is 0 Å². The minimum absolute atomic E-state index is 0.238. The summed E-state index contributed by atoms with van der Waals surface area (Å²) in [5.74, 6) is 0.855. The highest BCUT2D eigenvalue weighted by Crippen LogP contribution is 2.18. The molecule has 0 spiro atoms. The highest BCUT2D eigenvalue weighted by molar-refractivity contribution is 5.88. The van der Waals surface area contributed by atoms with Gasteiger partial charge in [0.2, 0.25) is 0 Å². The van der Waals surface area contributed by atoms with E-state index < -0.39 is 5.97 Å². The number of nitrogens with zero attached hydrogens (tertiary/aromatic N) is 2. The molecular weight excluding hydrogens is 352 g/mol. The second-order valence-electron chi connectivity index (χ2n) is 5.92. The lowest BCUT2D eigenvalue weighted by Gasteiger charge is -2.06. The first kappa shape index (κ1) is 19.3. The van der Waals surface area contributed by atoms with Crippen LogP contribution in [-0.4, -0.2) is 29.2 Å². The molecule has 0 aliphatic heterocycles. The van der Waals surface area contributed by atoms with Crippen LogP contribution in [-0.2, 0) is 4.74 Å². The maximum absolute atomic E-state index is 12.2. The molecule has 0 fully saturated rings. The Balaban J connectivity index is 1.92. The van der Waals surface area contributed by atoms with Gasteiger partial charge >= 0.3 is 5.97 Å². The Morgan fingerprint density at radius 2 is 1.68 bits per heavy atom. The van der Waals surface area contributed by atoms with Crippen molar-refractivity contribution in [1.82, 2.24) is 9.97 Å². The van der Waals surface area contributed by atoms with E-state index in [1.165, 1.54) is 0 Å². The van der Waals surface area contributed by atoms with Gasteiger partial charge in [-0.1, -0.05) is 48.5 Å². The van der Waals surface area contributed by atoms with Gasteiger partial charge in [-0.25, -0.2) is 14.8 Å². The lowest BCUT2D eigenvalue weighted by molar-refractivity contribution is 0.0519. The van der Waals surface area contributed by atoms with E-state index in [9.17, 15) is 4.79 Å². The van der Waals surface area contributed by atoms with E-state index in [-0.39, 0.29) is 5.69 Å². The van der Waals surface area contributed by atoms with Gasteiger partial charge in [0.1, 0.15) is 5.75 Å². The van der Waals surface area contributed by atoms with E-state index in [1.807, 2.05) is 73.7 Å². The van der Waals surface area contributed by atoms with Crippen LogP contribution in [0, 0.1) is 0 Å². The number of hydrogen-bond acceptors (Lipinski definition) is 5. The Bertz CT molecular complexity index is 951. The summed E-state index contributed by atoms with van der Waals surface area (Å²) in [5, 5.41) is 0. The van der Waals surface area contributed by atoms with Crippen LogP contribution in [0.3, 0.4) is 0 Å². The van der Waals surface area contributed by atoms with Gasteiger partial charge in [-0.05, 0) is 43.7 Å². The predicted octanol–water partition coefficient (Wildman–Crippen LogP) is 4.89. The van der Waals surface area contributed by atoms with Gasteiger partial charge in [-0.2, -0.15) is 0 Å². The lowest BCUT2D eigenvalue weighted by atomic mass is 10.1. The quantitative estimate of drug-likeness (QED) is 0.551. The summed E-state index contributed by atoms with van der Waals surface area (Å²) in [4.78, 5) is 21.2. The molecule has 5 heteroatoms. The molecule has 3 aromatic rings. The van der Waals surface area contributed by atoms with E-state index in [2.05, 4.69) is 9.97 Å². The molecule has 0 bridgehead atoms. The molecule has 5 nitrogen and oxygen atoms in total. The van der Waals surface area contributed by atoms with Crippen molar-refractivity contribution in [3.8, 4) is 17.1 Å². The Morgan fingerprint density at radius 1 is 0.929 bits per heavy atom. The molecule has 1 heterocycles. The molecular formula is C23H22N2O3. The molecule has 0 atom stereocenters. The number of ether oxygens (including phenoxy) is 2. The van der Waals surface area contributed by atoms with E-state index in [0.717, 1.165) is 16.9 Å². The van der Waals surface area contributed by atoms with E-state index in [4.69, 9.17) is 9.47 Å². The zero-order valence-corrected chi connectivity index (χ0v) is 16.0. The summed E-state index contributed by atoms with van der Waals surface area (Å²) in [6, 6.07) is 19.0. The SMILES string of the molecule is CCOC(=O)c1cc(/C=C/c2ccc(OCC)cc2)nc(-c2ccccc2)n1. The summed E-state index contributed by atoms with van der Waals surface area (Å²) in [6.07, 6.45) is 3.79. The number of esters is 1. The predicted molar refractivity (Wildman–Crippen MR) is 110 cm³/mol. The van der Waals surface area contributed by atoms with E-state index in [1.54, 1.807) is 13.0 Å². The van der Waals surface area contributed by atoms with Gasteiger partial charge in [0, 0.05) is 5.56 Å². The van der Waals surface area contributed by atoms with Gasteiger partial charge < -0.3 is 9.47 Å². The van der Waals surface area contributed by atoms with Crippen LogP contribution in [0.5, 0.6) is 5.75 Å². The molecule has 0 N–H and O–H groups in total. The van der Waals surface area contributed by atoms with Crippen molar-refractivity contribution in [3.05, 3.63) is 77.6 Å². The molecule has 0 unspecified atom stereocenters. The van der Waals surface area contributed by atoms with Crippen molar-refractivity contribution in [1.29, 1.82) is 0 Å². The third kappa shape index (κ3) is 5.04. The first-order valence-electron chi connectivity index (χ1n) is 9.22. The van der Waals surface area contributed by atoms with Crippen LogP contribution in [0.15, 0.2) is 60.7 Å². The fourth-order valence-electron chi connectivity index (χ4n) is 2.60. The molecule has 0 saturated carbocycles. The van der Waals surface area contributed by atoms with Crippen molar-refractivity contribution in [3.63, 3.8) is 0 Å². The second kappa shape index (κ2) is 9.46. The topological polar surface area (TPSA) is 61.3 Å². The molecule has 28 heavy (non-hydrogen) atoms. The Hall–Kier alpha value is -3.47. The van der Waals surface area contributed by atoms with Crippen LogP contribution < -0.4 is 4.74 Å². The maximum Gasteiger partial charge on any atom is 0.357 e. The van der Waals surface area contributed by atoms with Gasteiger partial charge in [0.05, 0.1) is 18.9 Å². The molecule has 3 rings (SSSR count). The van der Waals surface area contributed by atoms with E-state index >= 15 is 0 Å². The third-order valence-corrected chi connectivity index (χ3v) is 3.90. The lowest BCUT2D eigenvalue weighted by Crippen LogP contribution is -2.09. The third-order valence-electron chi connectivity index (χ3n) is 3.90. The first-order valence-corrected chi connectivity index (χ1v) is 9.22. The average molecular weight is 374 g/mol. The molecule has 1 aromatic heterocycles. The van der Waals surface area contributed by atoms with Crippen molar-refractivity contribution < 1.29 is 14.3 Å². The molecule has 0 aliphatic rings. The molecule has 2 aromatic carbocycles. The number of aromatic nitrogens is 2. The first-order chi connectivity index (χ1) is 13.7. The monoisotopic (exact) mass is 374 g/mol. The maximum atomic E-state index is 12.2. The zero-order valence-electron chi connectivity index (χ0n) is 16.0. The largest absolute Gasteiger partial charge is 0.494 e. The van der Waals surface area contributed by atoms with Crippen LogP contribution >= 0.6 is 0 Å². The van der Waals surface area contributed by atoms with E-state index in [0.29, 0.717) is 24.7 Å². The number of carbonyl (C=O) groups is 1. The Kier molecular flexibility index (Phi) is 6.52. The summed E-state index contributed by atoms with van der Waals surface area (Å²) < 4.78 is 10.6. The molecule has 0 saturated heterocycles. The van der Waals surface area contributed by atoms with Crippen LogP contribution in [0.2, 0.25) is 0 Å². The van der Waals surface area contributed by atoms with Gasteiger partial charge in [0.15, 0.2) is 11.5 Å². The fourth-order valence-corrected chi connectivity index (χ4v) is 2.60. The Labute approximate surface area is 164 Å². The smallest absolute Gasteiger partial charge is 0.357 e. The summed E-state index contributed by atoms with van der Waals surface area (Å²) in [6.45, 7) is 4.65. The number of carbonyl (C=O) groups excluding carboxylic acids is 1. The minimum atomic E-state index is -0.460. The molecule has 0 amide bonds. The fraction of sp³-hybridized carbons (Fsp3) is 0.174. The number of benzene rings is 2. The number of hydrogen-bond donors (Lipinski definition) is 0. The van der Waals surface area contributed by atoms with Crippen LogP contribution in [0.4, 0.5) is 0 Å². The highest BCUT2D eigenvalue weighted by Gasteiger charge is 2.13. The average Bonchev–Trinajstić information content (AvgIpc) is 2.74. The summed E-state index contributed by atoms with van der Waals surface area (Å²) >= 11 is 0. The molecule has 0 aliphatic carbocycles. The van der Waals surface area contributed by atoms with Crippen molar-refractivity contribution >= 4 is 18.1 Å².